The molecule has 0 unspecified atom stereocenters. The molecule has 2 nitrogen and oxygen atoms in total. The quantitative estimate of drug-likeness (QED) is 0.245. The normalized spacial score (nSPS) is 11.8. The fraction of sp³-hybridized carbons (Fsp3) is 0.103. The number of hydrogen-bond acceptors (Lipinski definition) is 0. The van der Waals surface area contributed by atoms with Crippen molar-refractivity contribution >= 4 is 50.7 Å². The van der Waals surface area contributed by atoms with Crippen LogP contribution in [0.2, 0.25) is 10.0 Å². The topological polar surface area (TPSA) is 9.34 Å². The lowest BCUT2D eigenvalue weighted by Gasteiger charge is -2.12. The molecule has 0 saturated carbocycles. The summed E-state index contributed by atoms with van der Waals surface area (Å²) in [7, 11) is 0. The molecule has 0 atom stereocenters. The maximum absolute atomic E-state index is 6.50. The first-order chi connectivity index (χ1) is 16.1. The van der Waals surface area contributed by atoms with Gasteiger partial charge in [-0.1, -0.05) is 96.0 Å². The van der Waals surface area contributed by atoms with E-state index < -0.39 is 0 Å². The smallest absolute Gasteiger partial charge is 0.126 e. The van der Waals surface area contributed by atoms with E-state index in [1.165, 1.54) is 44.4 Å². The van der Waals surface area contributed by atoms with Gasteiger partial charge in [0.25, 0.3) is 0 Å². The van der Waals surface area contributed by atoms with Gasteiger partial charge >= 0.3 is 0 Å². The Kier molecular flexibility index (Phi) is 4.76. The van der Waals surface area contributed by atoms with E-state index in [0.29, 0.717) is 10.0 Å². The van der Waals surface area contributed by atoms with Gasteiger partial charge in [-0.15, -0.1) is 0 Å². The van der Waals surface area contributed by atoms with Gasteiger partial charge in [-0.25, -0.2) is 0 Å². The third kappa shape index (κ3) is 2.95. The van der Waals surface area contributed by atoms with Gasteiger partial charge in [-0.3, -0.25) is 4.40 Å². The highest BCUT2D eigenvalue weighted by atomic mass is 35.5. The number of aryl methyl sites for hydroxylation is 2. The predicted octanol–water partition coefficient (Wildman–Crippen LogP) is 9.02. The summed E-state index contributed by atoms with van der Waals surface area (Å²) in [5.74, 6) is 0. The maximum Gasteiger partial charge on any atom is 0.126 e. The van der Waals surface area contributed by atoms with Crippen LogP contribution in [0.4, 0.5) is 0 Å². The molecule has 0 aliphatic heterocycles. The number of rotatable bonds is 3. The van der Waals surface area contributed by atoms with Crippen molar-refractivity contribution in [2.24, 2.45) is 0 Å². The van der Waals surface area contributed by atoms with Crippen LogP contribution in [0.1, 0.15) is 12.6 Å². The molecule has 0 amide bonds. The van der Waals surface area contributed by atoms with Gasteiger partial charge in [0.1, 0.15) is 5.65 Å². The van der Waals surface area contributed by atoms with Crippen LogP contribution in [0.5, 0.6) is 0 Å². The third-order valence-electron chi connectivity index (χ3n) is 6.63. The summed E-state index contributed by atoms with van der Waals surface area (Å²) in [5.41, 5.74) is 9.43. The fourth-order valence-electron chi connectivity index (χ4n) is 5.24. The van der Waals surface area contributed by atoms with Crippen LogP contribution in [-0.4, -0.2) is 8.97 Å². The molecule has 0 spiro atoms. The lowest BCUT2D eigenvalue weighted by atomic mass is 9.93. The number of nitrogens with zero attached hydrogens (tertiary/aromatic N) is 2. The van der Waals surface area contributed by atoms with E-state index in [0.717, 1.165) is 17.6 Å². The van der Waals surface area contributed by atoms with E-state index in [9.17, 15) is 0 Å². The molecule has 0 N–H and O–H groups in total. The molecule has 6 aromatic rings. The minimum Gasteiger partial charge on any atom is -0.325 e. The van der Waals surface area contributed by atoms with Crippen molar-refractivity contribution in [1.29, 1.82) is 0 Å². The molecule has 0 aliphatic rings. The Bertz CT molecular complexity index is 1670. The van der Waals surface area contributed by atoms with Crippen molar-refractivity contribution in [3.8, 4) is 22.3 Å². The van der Waals surface area contributed by atoms with Crippen molar-refractivity contribution in [2.75, 3.05) is 0 Å². The Morgan fingerprint density at radius 1 is 0.727 bits per heavy atom. The van der Waals surface area contributed by atoms with Crippen molar-refractivity contribution in [1.82, 2.24) is 8.97 Å². The van der Waals surface area contributed by atoms with Crippen molar-refractivity contribution in [2.45, 2.75) is 20.4 Å². The number of halogens is 2. The zero-order valence-corrected chi connectivity index (χ0v) is 20.0. The molecular formula is C29H22Cl2N2. The lowest BCUT2D eigenvalue weighted by Crippen LogP contribution is -1.95. The third-order valence-corrected chi connectivity index (χ3v) is 7.35. The minimum absolute atomic E-state index is 0.570. The van der Waals surface area contributed by atoms with E-state index in [1.807, 2.05) is 12.1 Å². The highest BCUT2D eigenvalue weighted by Gasteiger charge is 2.25. The van der Waals surface area contributed by atoms with E-state index in [1.54, 1.807) is 0 Å². The van der Waals surface area contributed by atoms with Crippen LogP contribution < -0.4 is 0 Å². The predicted molar refractivity (Wildman–Crippen MR) is 142 cm³/mol. The first-order valence-electron chi connectivity index (χ1n) is 11.2. The first-order valence-corrected chi connectivity index (χ1v) is 11.9. The summed E-state index contributed by atoms with van der Waals surface area (Å²) in [6.45, 7) is 5.20. The Labute approximate surface area is 202 Å². The van der Waals surface area contributed by atoms with Gasteiger partial charge in [0, 0.05) is 23.4 Å². The van der Waals surface area contributed by atoms with Gasteiger partial charge in [0.2, 0.25) is 0 Å². The summed E-state index contributed by atoms with van der Waals surface area (Å²) in [6, 6.07) is 29.8. The molecule has 162 valence electrons. The Morgan fingerprint density at radius 3 is 2.15 bits per heavy atom. The Balaban J connectivity index is 1.88. The monoisotopic (exact) mass is 468 g/mol. The molecular weight excluding hydrogens is 447 g/mol. The molecule has 0 fully saturated rings. The van der Waals surface area contributed by atoms with Gasteiger partial charge < -0.3 is 4.57 Å². The zero-order chi connectivity index (χ0) is 22.7. The summed E-state index contributed by atoms with van der Waals surface area (Å²) >= 11 is 13.0. The van der Waals surface area contributed by atoms with E-state index in [2.05, 4.69) is 95.6 Å². The largest absolute Gasteiger partial charge is 0.325 e. The molecule has 0 bridgehead atoms. The van der Waals surface area contributed by atoms with Crippen LogP contribution in [0.25, 0.3) is 49.7 Å². The van der Waals surface area contributed by atoms with Crippen molar-refractivity contribution < 1.29 is 0 Å². The molecule has 0 radical (unpaired) electrons. The highest BCUT2D eigenvalue weighted by Crippen LogP contribution is 2.45. The Hall–Kier alpha value is -3.20. The second-order valence-corrected chi connectivity index (χ2v) is 9.20. The number of imidazole rings is 1. The first kappa shape index (κ1) is 20.4. The van der Waals surface area contributed by atoms with Crippen LogP contribution in [-0.2, 0) is 6.54 Å². The highest BCUT2D eigenvalue weighted by molar-refractivity contribution is 6.42. The standard InChI is InChI=1S/C29H22Cl2N2/c1-3-32-25-16-23(30)24(31)17-26(25)33-18(2)27(20-11-5-4-6-12-20)28(29(32)33)22-15-9-13-19-10-7-8-14-21(19)22/h4-17H,3H2,1-2H3. The summed E-state index contributed by atoms with van der Waals surface area (Å²) in [5, 5.41) is 3.62. The lowest BCUT2D eigenvalue weighted by molar-refractivity contribution is 0.818. The number of fused-ring (bicyclic) bond motifs is 4. The van der Waals surface area contributed by atoms with Crippen LogP contribution in [0.3, 0.4) is 0 Å². The van der Waals surface area contributed by atoms with Crippen LogP contribution in [0, 0.1) is 6.92 Å². The molecule has 6 rings (SSSR count). The zero-order valence-electron chi connectivity index (χ0n) is 18.4. The van der Waals surface area contributed by atoms with E-state index in [4.69, 9.17) is 23.2 Å². The number of hydrogen-bond donors (Lipinski definition) is 0. The molecule has 33 heavy (non-hydrogen) atoms. The minimum atomic E-state index is 0.570. The van der Waals surface area contributed by atoms with Crippen molar-refractivity contribution in [3.63, 3.8) is 0 Å². The maximum atomic E-state index is 6.50. The summed E-state index contributed by atoms with van der Waals surface area (Å²) in [4.78, 5) is 0. The molecule has 4 heteroatoms. The van der Waals surface area contributed by atoms with E-state index >= 15 is 0 Å². The van der Waals surface area contributed by atoms with Crippen LogP contribution in [0.15, 0.2) is 84.9 Å². The van der Waals surface area contributed by atoms with Gasteiger partial charge in [0.05, 0.1) is 21.1 Å². The molecule has 4 aromatic carbocycles. The van der Waals surface area contributed by atoms with Gasteiger partial charge in [-0.05, 0) is 47.9 Å². The SMILES string of the molecule is CCn1c2cc(Cl)c(Cl)cc2n2c(C)c(-c3ccccc3)c(-c3cccc4ccccc34)c12. The molecule has 2 heterocycles. The second-order valence-electron chi connectivity index (χ2n) is 8.39. The summed E-state index contributed by atoms with van der Waals surface area (Å²) < 4.78 is 4.70. The number of aromatic nitrogens is 2. The number of benzene rings is 4. The molecule has 0 aliphatic carbocycles. The average molecular weight is 469 g/mol. The van der Waals surface area contributed by atoms with Crippen molar-refractivity contribution in [3.05, 3.63) is 101 Å². The van der Waals surface area contributed by atoms with E-state index in [-0.39, 0.29) is 0 Å². The summed E-state index contributed by atoms with van der Waals surface area (Å²) in [6.07, 6.45) is 0. The van der Waals surface area contributed by atoms with Crippen LogP contribution >= 0.6 is 23.2 Å². The average Bonchev–Trinajstić information content (AvgIpc) is 3.31. The molecule has 2 aromatic heterocycles. The van der Waals surface area contributed by atoms with Gasteiger partial charge in [-0.2, -0.15) is 0 Å². The van der Waals surface area contributed by atoms with Gasteiger partial charge in [0.15, 0.2) is 0 Å². The second kappa shape index (κ2) is 7.69. The fourth-order valence-corrected chi connectivity index (χ4v) is 5.55. The Morgan fingerprint density at radius 2 is 1.39 bits per heavy atom. The molecule has 0 saturated heterocycles.